The zero-order valence-electron chi connectivity index (χ0n) is 9.24. The Hall–Kier alpha value is -0.560. The largest absolute Gasteiger partial charge is 0.312 e. The minimum atomic E-state index is 0.697. The Morgan fingerprint density at radius 3 is 2.36 bits per heavy atom. The van der Waals surface area contributed by atoms with Gasteiger partial charge in [-0.2, -0.15) is 0 Å². The Bertz CT molecular complexity index is 232. The normalized spacial score (nSPS) is 42.7. The summed E-state index contributed by atoms with van der Waals surface area (Å²) in [5.41, 5.74) is 0. The third-order valence-electron chi connectivity index (χ3n) is 3.50. The van der Waals surface area contributed by atoms with E-state index in [0.717, 1.165) is 11.8 Å². The molecule has 14 heavy (non-hydrogen) atoms. The third-order valence-corrected chi connectivity index (χ3v) is 3.50. The summed E-state index contributed by atoms with van der Waals surface area (Å²) in [5.74, 6) is 1.69. The van der Waals surface area contributed by atoms with Crippen molar-refractivity contribution in [3.8, 4) is 0 Å². The topological polar surface area (TPSA) is 12.0 Å². The average molecular weight is 191 g/mol. The molecule has 78 valence electrons. The first-order chi connectivity index (χ1) is 6.75. The van der Waals surface area contributed by atoms with Crippen molar-refractivity contribution in [1.29, 1.82) is 0 Å². The summed E-state index contributed by atoms with van der Waals surface area (Å²) in [6.07, 6.45) is 13.0. The van der Waals surface area contributed by atoms with E-state index < -0.39 is 0 Å². The molecule has 1 aliphatic carbocycles. The molecule has 2 unspecified atom stereocenters. The van der Waals surface area contributed by atoms with Crippen molar-refractivity contribution < 1.29 is 0 Å². The molecule has 1 N–H and O–H groups in total. The smallest absolute Gasteiger partial charge is 0.00440 e. The fourth-order valence-corrected chi connectivity index (χ4v) is 2.93. The van der Waals surface area contributed by atoms with Gasteiger partial charge in [-0.25, -0.2) is 0 Å². The van der Waals surface area contributed by atoms with E-state index in [1.54, 1.807) is 0 Å². The molecule has 1 heteroatoms. The van der Waals surface area contributed by atoms with Gasteiger partial charge in [-0.15, -0.1) is 0 Å². The zero-order chi connectivity index (χ0) is 9.97. The monoisotopic (exact) mass is 191 g/mol. The predicted octanol–water partition coefficient (Wildman–Crippen LogP) is 2.90. The van der Waals surface area contributed by atoms with Crippen LogP contribution in [-0.4, -0.2) is 12.1 Å². The van der Waals surface area contributed by atoms with Gasteiger partial charge >= 0.3 is 0 Å². The summed E-state index contributed by atoms with van der Waals surface area (Å²) in [6, 6.07) is 1.39. The number of hydrogen-bond acceptors (Lipinski definition) is 1. The maximum absolute atomic E-state index is 3.61. The maximum Gasteiger partial charge on any atom is 0.00440 e. The van der Waals surface area contributed by atoms with Crippen LogP contribution in [-0.2, 0) is 0 Å². The SMILES string of the molecule is CC1CC([C@H]2C=CC=CC2)CC(C)N1. The summed E-state index contributed by atoms with van der Waals surface area (Å²) in [7, 11) is 0. The fraction of sp³-hybridized carbons (Fsp3) is 0.692. The van der Waals surface area contributed by atoms with E-state index in [9.17, 15) is 0 Å². The number of nitrogens with one attached hydrogen (secondary N) is 1. The highest BCUT2D eigenvalue weighted by Gasteiger charge is 2.27. The molecule has 1 saturated heterocycles. The van der Waals surface area contributed by atoms with Crippen molar-refractivity contribution in [2.75, 3.05) is 0 Å². The van der Waals surface area contributed by atoms with Crippen LogP contribution in [0, 0.1) is 11.8 Å². The first-order valence-electron chi connectivity index (χ1n) is 5.85. The number of hydrogen-bond donors (Lipinski definition) is 1. The highest BCUT2D eigenvalue weighted by Crippen LogP contribution is 2.31. The standard InChI is InChI=1S/C13H21N/c1-10-8-13(9-11(2)14-10)12-6-4-3-5-7-12/h3-6,10-14H,7-9H2,1-2H3/t10?,11?,12-,13?/m0/s1. The third kappa shape index (κ3) is 2.27. The van der Waals surface area contributed by atoms with Crippen molar-refractivity contribution in [3.05, 3.63) is 24.3 Å². The van der Waals surface area contributed by atoms with Crippen LogP contribution in [0.2, 0.25) is 0 Å². The van der Waals surface area contributed by atoms with E-state index in [4.69, 9.17) is 0 Å². The minimum absolute atomic E-state index is 0.697. The Morgan fingerprint density at radius 1 is 1.07 bits per heavy atom. The van der Waals surface area contributed by atoms with Crippen molar-refractivity contribution >= 4 is 0 Å². The quantitative estimate of drug-likeness (QED) is 0.672. The minimum Gasteiger partial charge on any atom is -0.312 e. The van der Waals surface area contributed by atoms with Gasteiger partial charge in [0.25, 0.3) is 0 Å². The Kier molecular flexibility index (Phi) is 3.07. The number of rotatable bonds is 1. The van der Waals surface area contributed by atoms with Crippen molar-refractivity contribution in [2.45, 2.75) is 45.2 Å². The molecule has 2 rings (SSSR count). The molecule has 2 aliphatic rings. The number of piperidine rings is 1. The number of allylic oxidation sites excluding steroid dienone is 4. The lowest BCUT2D eigenvalue weighted by Crippen LogP contribution is -2.43. The Balaban J connectivity index is 1.96. The molecule has 1 heterocycles. The average Bonchev–Trinajstić information content (AvgIpc) is 2.18. The second kappa shape index (κ2) is 4.31. The summed E-state index contributed by atoms with van der Waals surface area (Å²) < 4.78 is 0. The molecule has 3 atom stereocenters. The highest BCUT2D eigenvalue weighted by molar-refractivity contribution is 5.12. The van der Waals surface area contributed by atoms with E-state index in [2.05, 4.69) is 43.5 Å². The van der Waals surface area contributed by atoms with E-state index in [1.165, 1.54) is 19.3 Å². The van der Waals surface area contributed by atoms with E-state index in [-0.39, 0.29) is 0 Å². The molecule has 0 spiro atoms. The zero-order valence-corrected chi connectivity index (χ0v) is 9.24. The molecule has 0 aromatic rings. The molecule has 0 amide bonds. The van der Waals surface area contributed by atoms with Gasteiger partial charge in [0.15, 0.2) is 0 Å². The lowest BCUT2D eigenvalue weighted by molar-refractivity contribution is 0.218. The highest BCUT2D eigenvalue weighted by atomic mass is 15.0. The molecule has 1 nitrogen and oxygen atoms in total. The second-order valence-electron chi connectivity index (χ2n) is 4.91. The van der Waals surface area contributed by atoms with Crippen LogP contribution in [0.3, 0.4) is 0 Å². The Morgan fingerprint density at radius 2 is 1.79 bits per heavy atom. The van der Waals surface area contributed by atoms with Crippen molar-refractivity contribution in [3.63, 3.8) is 0 Å². The van der Waals surface area contributed by atoms with Crippen LogP contribution in [0.15, 0.2) is 24.3 Å². The molecule has 0 aromatic heterocycles. The Labute approximate surface area is 87.3 Å². The van der Waals surface area contributed by atoms with Crippen LogP contribution >= 0.6 is 0 Å². The van der Waals surface area contributed by atoms with Crippen LogP contribution in [0.25, 0.3) is 0 Å². The molecule has 1 fully saturated rings. The van der Waals surface area contributed by atoms with Gasteiger partial charge in [-0.1, -0.05) is 24.3 Å². The van der Waals surface area contributed by atoms with Gasteiger partial charge < -0.3 is 5.32 Å². The van der Waals surface area contributed by atoms with Gasteiger partial charge in [0.2, 0.25) is 0 Å². The van der Waals surface area contributed by atoms with E-state index >= 15 is 0 Å². The fourth-order valence-electron chi connectivity index (χ4n) is 2.93. The molecular formula is C13H21N. The lowest BCUT2D eigenvalue weighted by Gasteiger charge is -2.36. The molecule has 0 bridgehead atoms. The lowest BCUT2D eigenvalue weighted by atomic mass is 9.77. The summed E-state index contributed by atoms with van der Waals surface area (Å²) in [4.78, 5) is 0. The molecule has 1 aliphatic heterocycles. The van der Waals surface area contributed by atoms with Crippen LogP contribution < -0.4 is 5.32 Å². The van der Waals surface area contributed by atoms with E-state index in [0.29, 0.717) is 12.1 Å². The van der Waals surface area contributed by atoms with Crippen LogP contribution in [0.4, 0.5) is 0 Å². The molecule has 0 saturated carbocycles. The maximum atomic E-state index is 3.61. The van der Waals surface area contributed by atoms with Crippen LogP contribution in [0.5, 0.6) is 0 Å². The van der Waals surface area contributed by atoms with Gasteiger partial charge in [0.1, 0.15) is 0 Å². The van der Waals surface area contributed by atoms with Crippen molar-refractivity contribution in [1.82, 2.24) is 5.32 Å². The summed E-state index contributed by atoms with van der Waals surface area (Å²) in [6.45, 7) is 4.62. The van der Waals surface area contributed by atoms with Gasteiger partial charge in [-0.3, -0.25) is 0 Å². The molecule has 0 aromatic carbocycles. The first-order valence-corrected chi connectivity index (χ1v) is 5.85. The summed E-state index contributed by atoms with van der Waals surface area (Å²) in [5, 5.41) is 3.61. The van der Waals surface area contributed by atoms with Gasteiger partial charge in [0.05, 0.1) is 0 Å². The summed E-state index contributed by atoms with van der Waals surface area (Å²) >= 11 is 0. The molecule has 0 radical (unpaired) electrons. The van der Waals surface area contributed by atoms with E-state index in [1.807, 2.05) is 0 Å². The molecular weight excluding hydrogens is 170 g/mol. The van der Waals surface area contributed by atoms with Gasteiger partial charge in [-0.05, 0) is 44.9 Å². The van der Waals surface area contributed by atoms with Crippen LogP contribution in [0.1, 0.15) is 33.1 Å². The van der Waals surface area contributed by atoms with Gasteiger partial charge in [0, 0.05) is 12.1 Å². The second-order valence-corrected chi connectivity index (χ2v) is 4.91. The first kappa shape index (κ1) is 9.97. The predicted molar refractivity (Wildman–Crippen MR) is 61.2 cm³/mol. The van der Waals surface area contributed by atoms with Crippen molar-refractivity contribution in [2.24, 2.45) is 11.8 Å².